The molecule has 3 aromatic carbocycles. The standard InChI is InChI=1S/C30H33NO5/c1-20-22(10-6-11-23(20)21-8-4-3-5-9-21)18-36-29-16-28(34-2)26(24-12-7-13-25(24)29)17-31-14-15-35-19-27(31)30(32)33/h3-6,8-11,16,27H,7,12-15,17-19H2,1-2H3,(H,32,33)/t27-/m0/s1. The monoisotopic (exact) mass is 487 g/mol. The molecular formula is C30H33NO5. The summed E-state index contributed by atoms with van der Waals surface area (Å²) >= 11 is 0. The fourth-order valence-electron chi connectivity index (χ4n) is 5.46. The average molecular weight is 488 g/mol. The van der Waals surface area contributed by atoms with Gasteiger partial charge in [-0.1, -0.05) is 48.5 Å². The zero-order chi connectivity index (χ0) is 25.1. The van der Waals surface area contributed by atoms with Crippen molar-refractivity contribution in [1.82, 2.24) is 4.90 Å². The molecule has 1 aliphatic heterocycles. The van der Waals surface area contributed by atoms with Crippen LogP contribution >= 0.6 is 0 Å². The van der Waals surface area contributed by atoms with E-state index in [2.05, 4.69) is 49.4 Å². The second kappa shape index (κ2) is 10.7. The normalized spacial score (nSPS) is 17.6. The van der Waals surface area contributed by atoms with Gasteiger partial charge >= 0.3 is 5.97 Å². The van der Waals surface area contributed by atoms with Crippen LogP contribution in [0.4, 0.5) is 0 Å². The zero-order valence-corrected chi connectivity index (χ0v) is 21.0. The summed E-state index contributed by atoms with van der Waals surface area (Å²) < 4.78 is 17.7. The second-order valence-electron chi connectivity index (χ2n) is 9.51. The largest absolute Gasteiger partial charge is 0.496 e. The van der Waals surface area contributed by atoms with Crippen LogP contribution in [-0.2, 0) is 35.5 Å². The number of methoxy groups -OCH3 is 1. The minimum absolute atomic E-state index is 0.211. The summed E-state index contributed by atoms with van der Waals surface area (Å²) in [6.07, 6.45) is 2.96. The number of nitrogens with zero attached hydrogens (tertiary/aromatic N) is 1. The van der Waals surface area contributed by atoms with E-state index in [1.54, 1.807) is 7.11 Å². The highest BCUT2D eigenvalue weighted by Crippen LogP contribution is 2.40. The van der Waals surface area contributed by atoms with Gasteiger partial charge < -0.3 is 19.3 Å². The molecule has 6 heteroatoms. The smallest absolute Gasteiger partial charge is 0.323 e. The lowest BCUT2D eigenvalue weighted by Gasteiger charge is -2.33. The summed E-state index contributed by atoms with van der Waals surface area (Å²) in [4.78, 5) is 13.8. The molecule has 2 aliphatic rings. The highest BCUT2D eigenvalue weighted by Gasteiger charge is 2.32. The van der Waals surface area contributed by atoms with E-state index < -0.39 is 12.0 Å². The van der Waals surface area contributed by atoms with Crippen LogP contribution in [-0.4, -0.2) is 48.9 Å². The minimum atomic E-state index is -0.849. The Balaban J connectivity index is 1.41. The molecule has 5 rings (SSSR count). The van der Waals surface area contributed by atoms with Crippen molar-refractivity contribution in [3.05, 3.63) is 82.4 Å². The van der Waals surface area contributed by atoms with Gasteiger partial charge in [-0.25, -0.2) is 0 Å². The molecule has 36 heavy (non-hydrogen) atoms. The molecule has 1 atom stereocenters. The van der Waals surface area contributed by atoms with Crippen molar-refractivity contribution in [2.75, 3.05) is 26.9 Å². The Morgan fingerprint density at radius 3 is 2.67 bits per heavy atom. The van der Waals surface area contributed by atoms with Crippen molar-refractivity contribution in [2.24, 2.45) is 0 Å². The number of fused-ring (bicyclic) bond motifs is 1. The molecule has 0 aromatic heterocycles. The van der Waals surface area contributed by atoms with Crippen LogP contribution in [0.5, 0.6) is 11.5 Å². The molecule has 0 bridgehead atoms. The van der Waals surface area contributed by atoms with E-state index in [9.17, 15) is 9.90 Å². The molecule has 0 unspecified atom stereocenters. The minimum Gasteiger partial charge on any atom is -0.496 e. The third-order valence-corrected chi connectivity index (χ3v) is 7.46. The molecule has 0 spiro atoms. The number of ether oxygens (including phenoxy) is 3. The molecule has 1 N–H and O–H groups in total. The van der Waals surface area contributed by atoms with Gasteiger partial charge in [0.1, 0.15) is 24.1 Å². The second-order valence-corrected chi connectivity index (χ2v) is 9.51. The van der Waals surface area contributed by atoms with Gasteiger partial charge in [-0.2, -0.15) is 0 Å². The lowest BCUT2D eigenvalue weighted by molar-refractivity contribution is -0.150. The molecule has 0 amide bonds. The summed E-state index contributed by atoms with van der Waals surface area (Å²) in [5, 5.41) is 9.67. The number of aliphatic carboxylic acids is 1. The Bertz CT molecular complexity index is 1240. The summed E-state index contributed by atoms with van der Waals surface area (Å²) in [6, 6.07) is 18.1. The summed E-state index contributed by atoms with van der Waals surface area (Å²) in [6.45, 7) is 4.50. The van der Waals surface area contributed by atoms with Gasteiger partial charge in [0.05, 0.1) is 20.3 Å². The quantitative estimate of drug-likeness (QED) is 0.481. The van der Waals surface area contributed by atoms with Crippen molar-refractivity contribution >= 4 is 5.97 Å². The number of hydrogen-bond donors (Lipinski definition) is 1. The molecule has 6 nitrogen and oxygen atoms in total. The predicted molar refractivity (Wildman–Crippen MR) is 139 cm³/mol. The number of hydrogen-bond acceptors (Lipinski definition) is 5. The lowest BCUT2D eigenvalue weighted by atomic mass is 9.97. The number of rotatable bonds is 8. The first-order chi connectivity index (χ1) is 17.6. The Hall–Kier alpha value is -3.35. The predicted octanol–water partition coefficient (Wildman–Crippen LogP) is 5.02. The maximum atomic E-state index is 11.8. The third-order valence-electron chi connectivity index (χ3n) is 7.46. The number of benzene rings is 3. The summed E-state index contributed by atoms with van der Waals surface area (Å²) in [7, 11) is 1.67. The van der Waals surface area contributed by atoms with E-state index in [0.29, 0.717) is 26.3 Å². The van der Waals surface area contributed by atoms with Crippen molar-refractivity contribution in [2.45, 2.75) is 45.4 Å². The molecule has 1 heterocycles. The Kier molecular flexibility index (Phi) is 7.25. The van der Waals surface area contributed by atoms with Gasteiger partial charge in [0.2, 0.25) is 0 Å². The van der Waals surface area contributed by atoms with Gasteiger partial charge in [-0.15, -0.1) is 0 Å². The average Bonchev–Trinajstić information content (AvgIpc) is 3.40. The molecular weight excluding hydrogens is 454 g/mol. The van der Waals surface area contributed by atoms with E-state index >= 15 is 0 Å². The highest BCUT2D eigenvalue weighted by molar-refractivity contribution is 5.74. The van der Waals surface area contributed by atoms with Crippen molar-refractivity contribution < 1.29 is 24.1 Å². The Labute approximate surface area is 212 Å². The van der Waals surface area contributed by atoms with Gasteiger partial charge in [0.25, 0.3) is 0 Å². The van der Waals surface area contributed by atoms with E-state index in [0.717, 1.165) is 41.9 Å². The van der Waals surface area contributed by atoms with E-state index in [1.165, 1.54) is 27.8 Å². The van der Waals surface area contributed by atoms with E-state index in [4.69, 9.17) is 14.2 Å². The van der Waals surface area contributed by atoms with Crippen LogP contribution in [0.2, 0.25) is 0 Å². The van der Waals surface area contributed by atoms with Gasteiger partial charge in [-0.05, 0) is 59.6 Å². The molecule has 3 aromatic rings. The molecule has 1 aliphatic carbocycles. The van der Waals surface area contributed by atoms with Gasteiger partial charge in [0, 0.05) is 24.7 Å². The summed E-state index contributed by atoms with van der Waals surface area (Å²) in [5.74, 6) is 0.777. The first kappa shape index (κ1) is 24.3. The summed E-state index contributed by atoms with van der Waals surface area (Å²) in [5.41, 5.74) is 8.34. The van der Waals surface area contributed by atoms with Gasteiger partial charge in [0.15, 0.2) is 0 Å². The fourth-order valence-corrected chi connectivity index (χ4v) is 5.46. The van der Waals surface area contributed by atoms with Crippen LogP contribution in [0, 0.1) is 6.92 Å². The molecule has 1 saturated heterocycles. The van der Waals surface area contributed by atoms with Crippen molar-refractivity contribution in [3.63, 3.8) is 0 Å². The van der Waals surface area contributed by atoms with Crippen LogP contribution in [0.3, 0.4) is 0 Å². The zero-order valence-electron chi connectivity index (χ0n) is 21.0. The van der Waals surface area contributed by atoms with Crippen LogP contribution in [0.1, 0.15) is 34.2 Å². The Morgan fingerprint density at radius 1 is 1.08 bits per heavy atom. The van der Waals surface area contributed by atoms with E-state index in [1.807, 2.05) is 17.0 Å². The highest BCUT2D eigenvalue weighted by atomic mass is 16.5. The first-order valence-electron chi connectivity index (χ1n) is 12.6. The number of carboxylic acids is 1. The van der Waals surface area contributed by atoms with Crippen LogP contribution in [0.15, 0.2) is 54.6 Å². The lowest BCUT2D eigenvalue weighted by Crippen LogP contribution is -2.49. The molecule has 0 radical (unpaired) electrons. The third kappa shape index (κ3) is 4.84. The van der Waals surface area contributed by atoms with Crippen LogP contribution < -0.4 is 9.47 Å². The fraction of sp³-hybridized carbons (Fsp3) is 0.367. The number of morpholine rings is 1. The van der Waals surface area contributed by atoms with E-state index in [-0.39, 0.29) is 6.61 Å². The molecule has 0 saturated carbocycles. The first-order valence-corrected chi connectivity index (χ1v) is 12.6. The topological polar surface area (TPSA) is 68.2 Å². The molecule has 188 valence electrons. The van der Waals surface area contributed by atoms with Crippen molar-refractivity contribution in [3.8, 4) is 22.6 Å². The molecule has 1 fully saturated rings. The van der Waals surface area contributed by atoms with Crippen LogP contribution in [0.25, 0.3) is 11.1 Å². The maximum Gasteiger partial charge on any atom is 0.323 e. The number of carboxylic acid groups (broad SMARTS) is 1. The maximum absolute atomic E-state index is 11.8. The Morgan fingerprint density at radius 2 is 1.89 bits per heavy atom. The number of carbonyl (C=O) groups is 1. The van der Waals surface area contributed by atoms with Crippen molar-refractivity contribution in [1.29, 1.82) is 0 Å². The SMILES string of the molecule is COc1cc(OCc2cccc(-c3ccccc3)c2C)c2c(c1CN1CCOC[C@H]1C(=O)O)CCC2. The van der Waals surface area contributed by atoms with Gasteiger partial charge in [-0.3, -0.25) is 9.69 Å².